The van der Waals surface area contributed by atoms with Crippen molar-refractivity contribution >= 4 is 17.7 Å². The van der Waals surface area contributed by atoms with E-state index in [4.69, 9.17) is 0 Å². The van der Waals surface area contributed by atoms with E-state index in [1.54, 1.807) is 0 Å². The summed E-state index contributed by atoms with van der Waals surface area (Å²) >= 11 is 0. The normalized spacial score (nSPS) is 18.5. The van der Waals surface area contributed by atoms with Crippen LogP contribution in [0.2, 0.25) is 0 Å². The van der Waals surface area contributed by atoms with Gasteiger partial charge in [0.15, 0.2) is 0 Å². The smallest absolute Gasteiger partial charge is 0.305 e. The Morgan fingerprint density at radius 1 is 1.12 bits per heavy atom. The zero-order valence-electron chi connectivity index (χ0n) is 13.4. The molecule has 24 heavy (non-hydrogen) atoms. The Kier molecular flexibility index (Phi) is 5.15. The number of nitro groups is 1. The van der Waals surface area contributed by atoms with Crippen LogP contribution >= 0.6 is 0 Å². The molecule has 0 aliphatic carbocycles. The Balaban J connectivity index is 1.82. The van der Waals surface area contributed by atoms with E-state index in [-0.39, 0.29) is 11.7 Å². The molecule has 0 N–H and O–H groups in total. The third kappa shape index (κ3) is 3.95. The van der Waals surface area contributed by atoms with Crippen LogP contribution in [0.15, 0.2) is 48.8 Å². The molecule has 1 unspecified atom stereocenters. The largest absolute Gasteiger partial charge is 0.334 e. The quantitative estimate of drug-likeness (QED) is 0.631. The maximum atomic E-state index is 10.8. The first-order valence-electron chi connectivity index (χ1n) is 8.20. The lowest BCUT2D eigenvalue weighted by molar-refractivity contribution is -0.385. The second-order valence-electron chi connectivity index (χ2n) is 5.88. The summed E-state index contributed by atoms with van der Waals surface area (Å²) in [6.45, 7) is 0.863. The maximum Gasteiger partial charge on any atom is 0.305 e. The minimum atomic E-state index is -0.473. The van der Waals surface area contributed by atoms with Crippen molar-refractivity contribution < 1.29 is 4.92 Å². The molecule has 0 radical (unpaired) electrons. The summed E-state index contributed by atoms with van der Waals surface area (Å²) in [6.07, 6.45) is 11.3. The number of benzene rings is 1. The van der Waals surface area contributed by atoms with E-state index in [0.29, 0.717) is 5.95 Å². The van der Waals surface area contributed by atoms with Crippen molar-refractivity contribution in [2.24, 2.45) is 0 Å². The Bertz CT molecular complexity index is 701. The van der Waals surface area contributed by atoms with Gasteiger partial charge in [0.25, 0.3) is 0 Å². The number of anilines is 1. The third-order valence-electron chi connectivity index (χ3n) is 4.20. The Morgan fingerprint density at radius 2 is 1.88 bits per heavy atom. The summed E-state index contributed by atoms with van der Waals surface area (Å²) < 4.78 is 0. The second kappa shape index (κ2) is 7.68. The van der Waals surface area contributed by atoms with Gasteiger partial charge in [0.1, 0.15) is 12.4 Å². The first-order chi connectivity index (χ1) is 11.7. The van der Waals surface area contributed by atoms with Crippen molar-refractivity contribution in [3.8, 4) is 0 Å². The van der Waals surface area contributed by atoms with Crippen LogP contribution in [-0.4, -0.2) is 27.5 Å². The van der Waals surface area contributed by atoms with Crippen LogP contribution in [-0.2, 0) is 0 Å². The van der Waals surface area contributed by atoms with E-state index < -0.39 is 4.92 Å². The predicted molar refractivity (Wildman–Crippen MR) is 93.8 cm³/mol. The molecule has 2 heterocycles. The molecule has 1 fully saturated rings. The van der Waals surface area contributed by atoms with Gasteiger partial charge >= 0.3 is 5.69 Å². The molecule has 1 saturated heterocycles. The minimum Gasteiger partial charge on any atom is -0.334 e. The van der Waals surface area contributed by atoms with Gasteiger partial charge in [-0.1, -0.05) is 55.3 Å². The van der Waals surface area contributed by atoms with Crippen LogP contribution < -0.4 is 4.90 Å². The highest BCUT2D eigenvalue weighted by Crippen LogP contribution is 2.23. The standard InChI is InChI=1S/C18H20N4O2/c23-22(24)17-13-19-18(20-14-17)21-12-6-2-5-9-16(21)11-10-15-7-3-1-4-8-15/h1,3-4,7-8,10-11,13-14,16H,2,5-6,9,12H2/b11-10+. The zero-order valence-corrected chi connectivity index (χ0v) is 13.4. The lowest BCUT2D eigenvalue weighted by Gasteiger charge is -2.27. The Hall–Kier alpha value is -2.76. The summed E-state index contributed by atoms with van der Waals surface area (Å²) in [5.74, 6) is 0.560. The molecule has 1 aliphatic heterocycles. The fraction of sp³-hybridized carbons (Fsp3) is 0.333. The summed E-state index contributed by atoms with van der Waals surface area (Å²) in [4.78, 5) is 20.9. The van der Waals surface area contributed by atoms with E-state index in [0.717, 1.165) is 31.4 Å². The first kappa shape index (κ1) is 16.1. The van der Waals surface area contributed by atoms with E-state index in [2.05, 4.69) is 39.2 Å². The van der Waals surface area contributed by atoms with Gasteiger partial charge < -0.3 is 4.90 Å². The summed E-state index contributed by atoms with van der Waals surface area (Å²) in [6, 6.07) is 10.4. The summed E-state index contributed by atoms with van der Waals surface area (Å²) in [7, 11) is 0. The SMILES string of the molecule is O=[N+]([O-])c1cnc(N2CCCCCC2/C=C/c2ccccc2)nc1. The van der Waals surface area contributed by atoms with Crippen molar-refractivity contribution in [2.75, 3.05) is 11.4 Å². The molecule has 1 atom stereocenters. The molecule has 1 aromatic carbocycles. The predicted octanol–water partition coefficient (Wildman–Crippen LogP) is 3.85. The maximum absolute atomic E-state index is 10.8. The molecular weight excluding hydrogens is 304 g/mol. The average molecular weight is 324 g/mol. The molecule has 0 bridgehead atoms. The van der Waals surface area contributed by atoms with Gasteiger partial charge in [0, 0.05) is 6.54 Å². The number of rotatable bonds is 4. The first-order valence-corrected chi connectivity index (χ1v) is 8.20. The number of hydrogen-bond acceptors (Lipinski definition) is 5. The molecule has 2 aromatic rings. The van der Waals surface area contributed by atoms with E-state index in [9.17, 15) is 10.1 Å². The molecule has 1 aliphatic rings. The van der Waals surface area contributed by atoms with Crippen LogP contribution in [0, 0.1) is 10.1 Å². The van der Waals surface area contributed by atoms with Crippen molar-refractivity contribution in [1.29, 1.82) is 0 Å². The molecule has 0 spiro atoms. The number of aromatic nitrogens is 2. The molecule has 0 saturated carbocycles. The van der Waals surface area contributed by atoms with Crippen LogP contribution in [0.5, 0.6) is 0 Å². The van der Waals surface area contributed by atoms with Gasteiger partial charge in [-0.15, -0.1) is 0 Å². The van der Waals surface area contributed by atoms with Crippen molar-refractivity contribution in [3.05, 3.63) is 64.5 Å². The molecule has 3 rings (SSSR count). The number of nitrogens with zero attached hydrogens (tertiary/aromatic N) is 4. The highest BCUT2D eigenvalue weighted by Gasteiger charge is 2.22. The van der Waals surface area contributed by atoms with Crippen molar-refractivity contribution in [1.82, 2.24) is 9.97 Å². The Morgan fingerprint density at radius 3 is 2.58 bits per heavy atom. The highest BCUT2D eigenvalue weighted by atomic mass is 16.6. The lowest BCUT2D eigenvalue weighted by Crippen LogP contribution is -2.34. The van der Waals surface area contributed by atoms with Crippen LogP contribution in [0.3, 0.4) is 0 Å². The van der Waals surface area contributed by atoms with Gasteiger partial charge in [-0.05, 0) is 18.4 Å². The van der Waals surface area contributed by atoms with E-state index >= 15 is 0 Å². The monoisotopic (exact) mass is 324 g/mol. The van der Waals surface area contributed by atoms with Crippen LogP contribution in [0.25, 0.3) is 6.08 Å². The summed E-state index contributed by atoms with van der Waals surface area (Å²) in [5, 5.41) is 10.8. The third-order valence-corrected chi connectivity index (χ3v) is 4.20. The van der Waals surface area contributed by atoms with Crippen LogP contribution in [0.1, 0.15) is 31.2 Å². The molecule has 1 aromatic heterocycles. The number of hydrogen-bond donors (Lipinski definition) is 0. The molecular formula is C18H20N4O2. The van der Waals surface area contributed by atoms with Crippen molar-refractivity contribution in [2.45, 2.75) is 31.7 Å². The zero-order chi connectivity index (χ0) is 16.8. The topological polar surface area (TPSA) is 72.2 Å². The molecule has 6 heteroatoms. The van der Waals surface area contributed by atoms with Crippen LogP contribution in [0.4, 0.5) is 11.6 Å². The lowest BCUT2D eigenvalue weighted by atomic mass is 10.1. The van der Waals surface area contributed by atoms with Crippen molar-refractivity contribution in [3.63, 3.8) is 0 Å². The second-order valence-corrected chi connectivity index (χ2v) is 5.88. The summed E-state index contributed by atoms with van der Waals surface area (Å²) in [5.41, 5.74) is 1.08. The van der Waals surface area contributed by atoms with E-state index in [1.165, 1.54) is 18.8 Å². The fourth-order valence-corrected chi connectivity index (χ4v) is 2.93. The van der Waals surface area contributed by atoms with Gasteiger partial charge in [0.05, 0.1) is 11.0 Å². The molecule has 6 nitrogen and oxygen atoms in total. The highest BCUT2D eigenvalue weighted by molar-refractivity contribution is 5.51. The molecule has 124 valence electrons. The van der Waals surface area contributed by atoms with Gasteiger partial charge in [-0.2, -0.15) is 0 Å². The Labute approximate surface area is 141 Å². The molecule has 0 amide bonds. The van der Waals surface area contributed by atoms with Gasteiger partial charge in [-0.25, -0.2) is 9.97 Å². The van der Waals surface area contributed by atoms with Gasteiger partial charge in [-0.3, -0.25) is 10.1 Å². The minimum absolute atomic E-state index is 0.0788. The van der Waals surface area contributed by atoms with E-state index in [1.807, 2.05) is 18.2 Å². The average Bonchev–Trinajstić information content (AvgIpc) is 2.86. The van der Waals surface area contributed by atoms with Gasteiger partial charge in [0.2, 0.25) is 5.95 Å². The fourth-order valence-electron chi connectivity index (χ4n) is 2.93.